The van der Waals surface area contributed by atoms with Crippen molar-refractivity contribution < 1.29 is 14.6 Å². The molecule has 4 nitrogen and oxygen atoms in total. The second-order valence-corrected chi connectivity index (χ2v) is 8.93. The lowest BCUT2D eigenvalue weighted by molar-refractivity contribution is -0.0249. The molecule has 2 aliphatic heterocycles. The number of ether oxygens (including phenoxy) is 2. The summed E-state index contributed by atoms with van der Waals surface area (Å²) in [6.45, 7) is 2.60. The van der Waals surface area contributed by atoms with Gasteiger partial charge in [-0.2, -0.15) is 0 Å². The van der Waals surface area contributed by atoms with Crippen LogP contribution in [0.1, 0.15) is 29.5 Å². The number of nitrogens with zero attached hydrogens (tertiary/aromatic N) is 1. The van der Waals surface area contributed by atoms with Gasteiger partial charge in [-0.25, -0.2) is 0 Å². The first kappa shape index (κ1) is 21.0. The zero-order valence-corrected chi connectivity index (χ0v) is 18.6. The van der Waals surface area contributed by atoms with Gasteiger partial charge < -0.3 is 14.6 Å². The van der Waals surface area contributed by atoms with Crippen LogP contribution in [0.2, 0.25) is 0 Å². The summed E-state index contributed by atoms with van der Waals surface area (Å²) in [4.78, 5) is 2.54. The Morgan fingerprint density at radius 3 is 2.09 bits per heavy atom. The van der Waals surface area contributed by atoms with E-state index in [0.717, 1.165) is 55.0 Å². The Morgan fingerprint density at radius 1 is 0.875 bits per heavy atom. The van der Waals surface area contributed by atoms with Crippen LogP contribution >= 0.6 is 0 Å². The third kappa shape index (κ3) is 3.78. The molecule has 32 heavy (non-hydrogen) atoms. The largest absolute Gasteiger partial charge is 0.493 e. The fraction of sp³-hybridized carbons (Fsp3) is 0.357. The fourth-order valence-corrected chi connectivity index (χ4v) is 5.48. The molecule has 0 aliphatic carbocycles. The number of rotatable bonds is 5. The number of methoxy groups -OCH3 is 1. The van der Waals surface area contributed by atoms with Gasteiger partial charge in [0.2, 0.25) is 0 Å². The third-order valence-corrected chi connectivity index (χ3v) is 7.22. The molecule has 0 aromatic heterocycles. The minimum Gasteiger partial charge on any atom is -0.493 e. The van der Waals surface area contributed by atoms with Crippen LogP contribution in [0.25, 0.3) is 0 Å². The summed E-state index contributed by atoms with van der Waals surface area (Å²) in [7, 11) is 1.69. The van der Waals surface area contributed by atoms with Gasteiger partial charge in [-0.3, -0.25) is 4.90 Å². The van der Waals surface area contributed by atoms with E-state index in [-0.39, 0.29) is 5.92 Å². The summed E-state index contributed by atoms with van der Waals surface area (Å²) < 4.78 is 11.6. The van der Waals surface area contributed by atoms with Crippen LogP contribution in [0.3, 0.4) is 0 Å². The van der Waals surface area contributed by atoms with Crippen molar-refractivity contribution in [2.45, 2.75) is 30.9 Å². The first-order chi connectivity index (χ1) is 15.7. The van der Waals surface area contributed by atoms with Gasteiger partial charge in [0.25, 0.3) is 0 Å². The maximum absolute atomic E-state index is 12.1. The Kier molecular flexibility index (Phi) is 5.90. The van der Waals surface area contributed by atoms with Gasteiger partial charge in [0.05, 0.1) is 7.11 Å². The van der Waals surface area contributed by atoms with E-state index in [1.54, 1.807) is 7.11 Å². The Bertz CT molecular complexity index is 990. The highest BCUT2D eigenvalue weighted by molar-refractivity contribution is 5.48. The molecule has 0 spiro atoms. The molecule has 0 bridgehead atoms. The molecular formula is C28H31NO3. The summed E-state index contributed by atoms with van der Waals surface area (Å²) in [5, 5.41) is 12.1. The summed E-state index contributed by atoms with van der Waals surface area (Å²) in [6.07, 6.45) is 2.86. The Morgan fingerprint density at radius 2 is 1.50 bits per heavy atom. The first-order valence-corrected chi connectivity index (χ1v) is 11.6. The highest BCUT2D eigenvalue weighted by atomic mass is 16.5. The number of para-hydroxylation sites is 1. The minimum atomic E-state index is -0.975. The van der Waals surface area contributed by atoms with Gasteiger partial charge in [0, 0.05) is 6.04 Å². The number of likely N-dealkylation sites (tertiary alicyclic amines) is 1. The van der Waals surface area contributed by atoms with Crippen molar-refractivity contribution in [1.82, 2.24) is 4.90 Å². The van der Waals surface area contributed by atoms with Crippen molar-refractivity contribution in [3.63, 3.8) is 0 Å². The average molecular weight is 430 g/mol. The molecule has 1 saturated heterocycles. The van der Waals surface area contributed by atoms with Gasteiger partial charge in [0.1, 0.15) is 12.2 Å². The number of hydrogen-bond acceptors (Lipinski definition) is 4. The standard InChI is InChI=1S/C28H31NO3/c1-31-26-14-8-9-21-19-25(20-32-27(21)26)29-17-15-24(16-18-29)28(30,22-10-4-2-5-11-22)23-12-6-3-7-13-23/h2-14,24-25,30H,15-20H2,1H3. The second-order valence-electron chi connectivity index (χ2n) is 8.93. The zero-order valence-electron chi connectivity index (χ0n) is 18.6. The highest BCUT2D eigenvalue weighted by Crippen LogP contribution is 2.43. The van der Waals surface area contributed by atoms with Crippen LogP contribution in [-0.4, -0.2) is 42.9 Å². The predicted molar refractivity (Wildman–Crippen MR) is 126 cm³/mol. The predicted octanol–water partition coefficient (Wildman–Crippen LogP) is 4.65. The van der Waals surface area contributed by atoms with E-state index >= 15 is 0 Å². The molecule has 1 atom stereocenters. The molecule has 166 valence electrons. The monoisotopic (exact) mass is 429 g/mol. The molecule has 2 aliphatic rings. The first-order valence-electron chi connectivity index (χ1n) is 11.6. The molecule has 1 fully saturated rings. The van der Waals surface area contributed by atoms with Gasteiger partial charge in [-0.15, -0.1) is 0 Å². The van der Waals surface area contributed by atoms with Crippen LogP contribution in [0.5, 0.6) is 11.5 Å². The molecule has 5 rings (SSSR count). The molecule has 0 saturated carbocycles. The Hall–Kier alpha value is -2.82. The van der Waals surface area contributed by atoms with Crippen molar-refractivity contribution in [1.29, 1.82) is 0 Å². The van der Waals surface area contributed by atoms with Crippen molar-refractivity contribution in [3.05, 3.63) is 95.6 Å². The number of aliphatic hydroxyl groups is 1. The van der Waals surface area contributed by atoms with E-state index < -0.39 is 5.60 Å². The lowest BCUT2D eigenvalue weighted by Crippen LogP contribution is -2.50. The zero-order chi connectivity index (χ0) is 22.0. The third-order valence-electron chi connectivity index (χ3n) is 7.22. The summed E-state index contributed by atoms with van der Waals surface area (Å²) >= 11 is 0. The van der Waals surface area contributed by atoms with E-state index in [0.29, 0.717) is 12.6 Å². The molecule has 4 heteroatoms. The van der Waals surface area contributed by atoms with Crippen LogP contribution in [-0.2, 0) is 12.0 Å². The quantitative estimate of drug-likeness (QED) is 0.641. The summed E-state index contributed by atoms with van der Waals surface area (Å²) in [6, 6.07) is 26.8. The number of hydrogen-bond donors (Lipinski definition) is 1. The van der Waals surface area contributed by atoms with Crippen LogP contribution in [0.15, 0.2) is 78.9 Å². The highest BCUT2D eigenvalue weighted by Gasteiger charge is 2.42. The van der Waals surface area contributed by atoms with Crippen LogP contribution < -0.4 is 9.47 Å². The van der Waals surface area contributed by atoms with Crippen LogP contribution in [0, 0.1) is 5.92 Å². The van der Waals surface area contributed by atoms with Gasteiger partial charge in [-0.1, -0.05) is 72.8 Å². The van der Waals surface area contributed by atoms with Gasteiger partial charge in [-0.05, 0) is 61.0 Å². The number of fused-ring (bicyclic) bond motifs is 1. The number of piperidine rings is 1. The maximum atomic E-state index is 12.1. The molecule has 3 aromatic carbocycles. The van der Waals surface area contributed by atoms with E-state index in [4.69, 9.17) is 9.47 Å². The SMILES string of the molecule is COc1cccc2c1OCC(N1CCC(C(O)(c3ccccc3)c3ccccc3)CC1)C2. The van der Waals surface area contributed by atoms with Crippen LogP contribution in [0.4, 0.5) is 0 Å². The van der Waals surface area contributed by atoms with Gasteiger partial charge >= 0.3 is 0 Å². The normalized spacial score (nSPS) is 19.8. The molecule has 1 unspecified atom stereocenters. The van der Waals surface area contributed by atoms with Crippen molar-refractivity contribution in [2.75, 3.05) is 26.8 Å². The molecular weight excluding hydrogens is 398 g/mol. The Balaban J connectivity index is 1.33. The average Bonchev–Trinajstić information content (AvgIpc) is 2.88. The molecule has 1 N–H and O–H groups in total. The molecule has 2 heterocycles. The molecule has 0 radical (unpaired) electrons. The van der Waals surface area contributed by atoms with Crippen molar-refractivity contribution >= 4 is 0 Å². The molecule has 3 aromatic rings. The summed E-state index contributed by atoms with van der Waals surface area (Å²) in [5.74, 6) is 1.87. The second kappa shape index (κ2) is 8.97. The number of benzene rings is 3. The van der Waals surface area contributed by atoms with Crippen molar-refractivity contribution in [2.24, 2.45) is 5.92 Å². The topological polar surface area (TPSA) is 41.9 Å². The minimum absolute atomic E-state index is 0.167. The van der Waals surface area contributed by atoms with E-state index in [9.17, 15) is 5.11 Å². The fourth-order valence-electron chi connectivity index (χ4n) is 5.48. The van der Waals surface area contributed by atoms with E-state index in [1.165, 1.54) is 5.56 Å². The van der Waals surface area contributed by atoms with Gasteiger partial charge in [0.15, 0.2) is 11.5 Å². The maximum Gasteiger partial charge on any atom is 0.164 e. The lowest BCUT2D eigenvalue weighted by atomic mass is 9.72. The van der Waals surface area contributed by atoms with E-state index in [2.05, 4.69) is 35.2 Å². The summed E-state index contributed by atoms with van der Waals surface area (Å²) in [5.41, 5.74) is 2.20. The Labute approximate surface area is 190 Å². The smallest absolute Gasteiger partial charge is 0.164 e. The van der Waals surface area contributed by atoms with E-state index in [1.807, 2.05) is 48.5 Å². The lowest BCUT2D eigenvalue weighted by Gasteiger charge is -2.45. The van der Waals surface area contributed by atoms with Crippen molar-refractivity contribution in [3.8, 4) is 11.5 Å². The molecule has 0 amide bonds.